The van der Waals surface area contributed by atoms with Crippen LogP contribution in [0.5, 0.6) is 5.75 Å². The van der Waals surface area contributed by atoms with E-state index in [4.69, 9.17) is 10.5 Å². The number of aromatic nitrogens is 2. The zero-order valence-electron chi connectivity index (χ0n) is 13.2. The van der Waals surface area contributed by atoms with Gasteiger partial charge in [-0.3, -0.25) is 4.79 Å². The first-order valence-corrected chi connectivity index (χ1v) is 7.74. The van der Waals surface area contributed by atoms with Crippen molar-refractivity contribution in [3.8, 4) is 17.0 Å². The van der Waals surface area contributed by atoms with Crippen molar-refractivity contribution in [2.24, 2.45) is 5.73 Å². The lowest BCUT2D eigenvalue weighted by molar-refractivity contribution is 0.341. The van der Waals surface area contributed by atoms with E-state index in [0.717, 1.165) is 29.8 Å². The minimum absolute atomic E-state index is 0.103. The molecule has 0 saturated carbocycles. The number of nitrogens with zero attached hydrogens (tertiary/aromatic N) is 2. The molecule has 0 fully saturated rings. The molecule has 0 saturated heterocycles. The van der Waals surface area contributed by atoms with Crippen LogP contribution in [0.25, 0.3) is 11.3 Å². The lowest BCUT2D eigenvalue weighted by atomic mass is 10.1. The number of ether oxygens (including phenoxy) is 1. The number of hydrogen-bond donors (Lipinski definition) is 1. The molecule has 0 spiro atoms. The third-order valence-corrected chi connectivity index (χ3v) is 3.45. The average molecular weight is 301 g/mol. The highest BCUT2D eigenvalue weighted by molar-refractivity contribution is 5.67. The van der Waals surface area contributed by atoms with Gasteiger partial charge in [-0.05, 0) is 31.5 Å². The maximum Gasteiger partial charge on any atom is 0.271 e. The SMILES string of the molecule is CCCCn1nc(-c2ccccc2OCC)cc(CN)c1=O. The number of hydrogen-bond acceptors (Lipinski definition) is 4. The van der Waals surface area contributed by atoms with Crippen molar-refractivity contribution in [3.05, 3.63) is 46.2 Å². The molecule has 0 aliphatic heterocycles. The Bertz CT molecular complexity index is 680. The van der Waals surface area contributed by atoms with Gasteiger partial charge in [-0.25, -0.2) is 4.68 Å². The third kappa shape index (κ3) is 3.54. The first kappa shape index (κ1) is 16.2. The van der Waals surface area contributed by atoms with Gasteiger partial charge < -0.3 is 10.5 Å². The molecule has 5 heteroatoms. The van der Waals surface area contributed by atoms with Gasteiger partial charge in [-0.15, -0.1) is 0 Å². The van der Waals surface area contributed by atoms with E-state index >= 15 is 0 Å². The maximum atomic E-state index is 12.3. The van der Waals surface area contributed by atoms with Gasteiger partial charge in [-0.1, -0.05) is 25.5 Å². The minimum Gasteiger partial charge on any atom is -0.493 e. The zero-order valence-corrected chi connectivity index (χ0v) is 13.2. The molecule has 0 bridgehead atoms. The summed E-state index contributed by atoms with van der Waals surface area (Å²) in [5, 5.41) is 4.50. The summed E-state index contributed by atoms with van der Waals surface area (Å²) in [6.45, 7) is 5.42. The fourth-order valence-electron chi connectivity index (χ4n) is 2.29. The summed E-state index contributed by atoms with van der Waals surface area (Å²) in [4.78, 5) is 12.3. The number of benzene rings is 1. The molecule has 1 aromatic heterocycles. The zero-order chi connectivity index (χ0) is 15.9. The van der Waals surface area contributed by atoms with E-state index in [2.05, 4.69) is 12.0 Å². The smallest absolute Gasteiger partial charge is 0.271 e. The van der Waals surface area contributed by atoms with Crippen LogP contribution in [0.2, 0.25) is 0 Å². The Labute approximate surface area is 130 Å². The number of unbranched alkanes of at least 4 members (excludes halogenated alkanes) is 1. The van der Waals surface area contributed by atoms with E-state index in [1.54, 1.807) is 6.07 Å². The van der Waals surface area contributed by atoms with Crippen LogP contribution in [0.15, 0.2) is 35.1 Å². The van der Waals surface area contributed by atoms with Crippen molar-refractivity contribution >= 4 is 0 Å². The fourth-order valence-corrected chi connectivity index (χ4v) is 2.29. The molecule has 22 heavy (non-hydrogen) atoms. The Balaban J connectivity index is 2.53. The maximum absolute atomic E-state index is 12.3. The van der Waals surface area contributed by atoms with Crippen molar-refractivity contribution < 1.29 is 4.74 Å². The van der Waals surface area contributed by atoms with Crippen molar-refractivity contribution in [3.63, 3.8) is 0 Å². The molecule has 2 aromatic rings. The first-order valence-electron chi connectivity index (χ1n) is 7.74. The molecule has 2 rings (SSSR count). The second kappa shape index (κ2) is 7.75. The van der Waals surface area contributed by atoms with Crippen LogP contribution in [-0.2, 0) is 13.1 Å². The molecule has 118 valence electrons. The highest BCUT2D eigenvalue weighted by Crippen LogP contribution is 2.28. The highest BCUT2D eigenvalue weighted by atomic mass is 16.5. The lowest BCUT2D eigenvalue weighted by Crippen LogP contribution is -2.28. The van der Waals surface area contributed by atoms with Crippen LogP contribution in [0.1, 0.15) is 32.3 Å². The predicted molar refractivity (Wildman–Crippen MR) is 87.9 cm³/mol. The van der Waals surface area contributed by atoms with Gasteiger partial charge in [0.1, 0.15) is 5.75 Å². The monoisotopic (exact) mass is 301 g/mol. The summed E-state index contributed by atoms with van der Waals surface area (Å²) in [6, 6.07) is 9.48. The van der Waals surface area contributed by atoms with Crippen LogP contribution in [0, 0.1) is 0 Å². The molecule has 0 aliphatic carbocycles. The van der Waals surface area contributed by atoms with Crippen molar-refractivity contribution in [1.82, 2.24) is 9.78 Å². The van der Waals surface area contributed by atoms with Gasteiger partial charge in [0.05, 0.1) is 12.3 Å². The molecule has 2 N–H and O–H groups in total. The molecule has 0 radical (unpaired) electrons. The largest absolute Gasteiger partial charge is 0.493 e. The molecule has 0 aliphatic rings. The number of nitrogens with two attached hydrogens (primary N) is 1. The second-order valence-corrected chi connectivity index (χ2v) is 5.07. The minimum atomic E-state index is -0.103. The Morgan fingerprint density at radius 3 is 2.73 bits per heavy atom. The van der Waals surface area contributed by atoms with Gasteiger partial charge in [0.25, 0.3) is 5.56 Å². The summed E-state index contributed by atoms with van der Waals surface area (Å²) >= 11 is 0. The standard InChI is InChI=1S/C17H23N3O2/c1-3-5-10-20-17(21)13(12-18)11-15(19-20)14-8-6-7-9-16(14)22-4-2/h6-9,11H,3-5,10,12,18H2,1-2H3. The van der Waals surface area contributed by atoms with E-state index in [1.165, 1.54) is 4.68 Å². The van der Waals surface area contributed by atoms with E-state index in [-0.39, 0.29) is 12.1 Å². The van der Waals surface area contributed by atoms with E-state index < -0.39 is 0 Å². The number of para-hydroxylation sites is 1. The van der Waals surface area contributed by atoms with Gasteiger partial charge in [-0.2, -0.15) is 5.10 Å². The van der Waals surface area contributed by atoms with Crippen molar-refractivity contribution in [2.45, 2.75) is 39.8 Å². The quantitative estimate of drug-likeness (QED) is 0.853. The third-order valence-electron chi connectivity index (χ3n) is 3.45. The Morgan fingerprint density at radius 1 is 1.27 bits per heavy atom. The Hall–Kier alpha value is -2.14. The molecule has 5 nitrogen and oxygen atoms in total. The molecule has 1 aromatic carbocycles. The summed E-state index contributed by atoms with van der Waals surface area (Å²) < 4.78 is 7.18. The number of aryl methyl sites for hydroxylation is 1. The van der Waals surface area contributed by atoms with Gasteiger partial charge >= 0.3 is 0 Å². The van der Waals surface area contributed by atoms with E-state index in [1.807, 2.05) is 31.2 Å². The second-order valence-electron chi connectivity index (χ2n) is 5.07. The fraction of sp³-hybridized carbons (Fsp3) is 0.412. The van der Waals surface area contributed by atoms with Crippen LogP contribution in [0.4, 0.5) is 0 Å². The highest BCUT2D eigenvalue weighted by Gasteiger charge is 2.12. The van der Waals surface area contributed by atoms with Gasteiger partial charge in [0.15, 0.2) is 0 Å². The van der Waals surface area contributed by atoms with E-state index in [0.29, 0.717) is 18.7 Å². The van der Waals surface area contributed by atoms with Crippen LogP contribution < -0.4 is 16.0 Å². The summed E-state index contributed by atoms with van der Waals surface area (Å²) in [5.41, 5.74) is 7.79. The van der Waals surface area contributed by atoms with E-state index in [9.17, 15) is 4.79 Å². The number of rotatable bonds is 7. The molecule has 0 atom stereocenters. The topological polar surface area (TPSA) is 70.1 Å². The van der Waals surface area contributed by atoms with Gasteiger partial charge in [0.2, 0.25) is 0 Å². The first-order chi connectivity index (χ1) is 10.7. The van der Waals surface area contributed by atoms with Crippen LogP contribution >= 0.6 is 0 Å². The predicted octanol–water partition coefficient (Wildman–Crippen LogP) is 2.57. The Morgan fingerprint density at radius 2 is 2.05 bits per heavy atom. The van der Waals surface area contributed by atoms with Crippen LogP contribution in [0.3, 0.4) is 0 Å². The average Bonchev–Trinajstić information content (AvgIpc) is 2.55. The van der Waals surface area contributed by atoms with Crippen molar-refractivity contribution in [2.75, 3.05) is 6.61 Å². The molecule has 0 amide bonds. The molecule has 0 unspecified atom stereocenters. The molecular formula is C17H23N3O2. The lowest BCUT2D eigenvalue weighted by Gasteiger charge is -2.13. The van der Waals surface area contributed by atoms with Crippen LogP contribution in [-0.4, -0.2) is 16.4 Å². The summed E-state index contributed by atoms with van der Waals surface area (Å²) in [7, 11) is 0. The molecule has 1 heterocycles. The summed E-state index contributed by atoms with van der Waals surface area (Å²) in [6.07, 6.45) is 1.92. The van der Waals surface area contributed by atoms with Crippen molar-refractivity contribution in [1.29, 1.82) is 0 Å². The summed E-state index contributed by atoms with van der Waals surface area (Å²) in [5.74, 6) is 0.765. The Kier molecular flexibility index (Phi) is 5.72. The normalized spacial score (nSPS) is 10.7. The molecular weight excluding hydrogens is 278 g/mol. The van der Waals surface area contributed by atoms with Gasteiger partial charge in [0, 0.05) is 24.2 Å².